The maximum atomic E-state index is 12.4. The Morgan fingerprint density at radius 1 is 1.21 bits per heavy atom. The van der Waals surface area contributed by atoms with Crippen molar-refractivity contribution in [1.82, 2.24) is 20.1 Å². The SMILES string of the molecule is O=C(NCCN1CCOCC1)C1CC(=O)N(CCc2c[nH]c3ccccc23)C1. The van der Waals surface area contributed by atoms with Crippen molar-refractivity contribution in [2.24, 2.45) is 5.92 Å². The number of benzene rings is 1. The van der Waals surface area contributed by atoms with Crippen molar-refractivity contribution in [3.05, 3.63) is 36.0 Å². The predicted molar refractivity (Wildman–Crippen MR) is 107 cm³/mol. The molecule has 1 atom stereocenters. The number of ether oxygens (including phenoxy) is 1. The number of carbonyl (C=O) groups is 2. The molecule has 1 aromatic carbocycles. The van der Waals surface area contributed by atoms with Gasteiger partial charge in [0.05, 0.1) is 19.1 Å². The van der Waals surface area contributed by atoms with Gasteiger partial charge in [0.1, 0.15) is 0 Å². The van der Waals surface area contributed by atoms with E-state index in [1.54, 1.807) is 0 Å². The van der Waals surface area contributed by atoms with Crippen molar-refractivity contribution in [2.75, 3.05) is 52.5 Å². The van der Waals surface area contributed by atoms with Gasteiger partial charge in [0.2, 0.25) is 11.8 Å². The van der Waals surface area contributed by atoms with Gasteiger partial charge in [-0.3, -0.25) is 14.5 Å². The molecular weight excluding hydrogens is 356 g/mol. The van der Waals surface area contributed by atoms with Crippen LogP contribution in [-0.2, 0) is 20.7 Å². The zero-order valence-electron chi connectivity index (χ0n) is 16.2. The van der Waals surface area contributed by atoms with Crippen molar-refractivity contribution in [1.29, 1.82) is 0 Å². The van der Waals surface area contributed by atoms with E-state index in [0.29, 0.717) is 26.1 Å². The maximum absolute atomic E-state index is 12.4. The second-order valence-electron chi connectivity index (χ2n) is 7.60. The lowest BCUT2D eigenvalue weighted by molar-refractivity contribution is -0.129. The highest BCUT2D eigenvalue weighted by atomic mass is 16.5. The Labute approximate surface area is 165 Å². The minimum atomic E-state index is -0.236. The van der Waals surface area contributed by atoms with Gasteiger partial charge in [0, 0.05) is 62.8 Å². The number of H-pyrrole nitrogens is 1. The topological polar surface area (TPSA) is 77.7 Å². The largest absolute Gasteiger partial charge is 0.379 e. The highest BCUT2D eigenvalue weighted by Crippen LogP contribution is 2.21. The van der Waals surface area contributed by atoms with Crippen LogP contribution >= 0.6 is 0 Å². The van der Waals surface area contributed by atoms with Crippen molar-refractivity contribution in [3.8, 4) is 0 Å². The molecule has 0 saturated carbocycles. The van der Waals surface area contributed by atoms with Gasteiger partial charge >= 0.3 is 0 Å². The molecular formula is C21H28N4O3. The molecule has 2 aliphatic heterocycles. The third-order valence-corrected chi connectivity index (χ3v) is 5.74. The van der Waals surface area contributed by atoms with Gasteiger partial charge in [-0.1, -0.05) is 18.2 Å². The second-order valence-corrected chi connectivity index (χ2v) is 7.60. The lowest BCUT2D eigenvalue weighted by atomic mass is 10.1. The molecule has 2 N–H and O–H groups in total. The van der Waals surface area contributed by atoms with Crippen LogP contribution in [0, 0.1) is 5.92 Å². The fourth-order valence-electron chi connectivity index (χ4n) is 4.06. The first kappa shape index (κ1) is 19.0. The monoisotopic (exact) mass is 384 g/mol. The first-order chi connectivity index (χ1) is 13.7. The Morgan fingerprint density at radius 3 is 2.89 bits per heavy atom. The van der Waals surface area contributed by atoms with E-state index >= 15 is 0 Å². The third kappa shape index (κ3) is 4.36. The third-order valence-electron chi connectivity index (χ3n) is 5.74. The number of fused-ring (bicyclic) bond motifs is 1. The van der Waals surface area contributed by atoms with Crippen molar-refractivity contribution in [2.45, 2.75) is 12.8 Å². The van der Waals surface area contributed by atoms with Crippen LogP contribution in [0.1, 0.15) is 12.0 Å². The van der Waals surface area contributed by atoms with Crippen LogP contribution in [0.25, 0.3) is 10.9 Å². The Bertz CT molecular complexity index is 828. The van der Waals surface area contributed by atoms with E-state index in [1.807, 2.05) is 23.2 Å². The number of aromatic amines is 1. The number of para-hydroxylation sites is 1. The molecule has 7 nitrogen and oxygen atoms in total. The normalized spacial score (nSPS) is 20.8. The molecule has 0 radical (unpaired) electrons. The summed E-state index contributed by atoms with van der Waals surface area (Å²) in [5, 5.41) is 4.20. The number of aromatic nitrogens is 1. The van der Waals surface area contributed by atoms with Crippen molar-refractivity contribution >= 4 is 22.7 Å². The number of likely N-dealkylation sites (tertiary alicyclic amines) is 1. The molecule has 0 spiro atoms. The molecule has 2 aromatic rings. The number of rotatable bonds is 7. The minimum absolute atomic E-state index is 0.00352. The van der Waals surface area contributed by atoms with E-state index in [9.17, 15) is 9.59 Å². The summed E-state index contributed by atoms with van der Waals surface area (Å²) in [7, 11) is 0. The molecule has 4 rings (SSSR count). The number of hydrogen-bond donors (Lipinski definition) is 2. The quantitative estimate of drug-likeness (QED) is 0.747. The van der Waals surface area contributed by atoms with E-state index in [-0.39, 0.29) is 17.7 Å². The number of hydrogen-bond acceptors (Lipinski definition) is 4. The van der Waals surface area contributed by atoms with Crippen LogP contribution in [0.5, 0.6) is 0 Å². The smallest absolute Gasteiger partial charge is 0.225 e. The number of nitrogens with zero attached hydrogens (tertiary/aromatic N) is 2. The Balaban J connectivity index is 1.23. The van der Waals surface area contributed by atoms with Crippen molar-refractivity contribution in [3.63, 3.8) is 0 Å². The summed E-state index contributed by atoms with van der Waals surface area (Å²) >= 11 is 0. The van der Waals surface area contributed by atoms with Gasteiger partial charge < -0.3 is 19.9 Å². The first-order valence-corrected chi connectivity index (χ1v) is 10.1. The van der Waals surface area contributed by atoms with Crippen LogP contribution in [0.2, 0.25) is 0 Å². The maximum Gasteiger partial charge on any atom is 0.225 e. The fourth-order valence-corrected chi connectivity index (χ4v) is 4.06. The molecule has 2 aliphatic rings. The average Bonchev–Trinajstić information content (AvgIpc) is 3.30. The zero-order chi connectivity index (χ0) is 19.3. The molecule has 1 aromatic heterocycles. The summed E-state index contributed by atoms with van der Waals surface area (Å²) in [4.78, 5) is 32.2. The number of morpholine rings is 1. The van der Waals surface area contributed by atoms with Gasteiger partial charge in [-0.25, -0.2) is 0 Å². The summed E-state index contributed by atoms with van der Waals surface area (Å²) in [5.74, 6) is -0.162. The summed E-state index contributed by atoms with van der Waals surface area (Å²) in [6.07, 6.45) is 3.12. The number of amides is 2. The average molecular weight is 384 g/mol. The van der Waals surface area contributed by atoms with Crippen molar-refractivity contribution < 1.29 is 14.3 Å². The van der Waals surface area contributed by atoms with Gasteiger partial charge in [0.25, 0.3) is 0 Å². The van der Waals surface area contributed by atoms with E-state index in [0.717, 1.165) is 44.8 Å². The molecule has 0 bridgehead atoms. The molecule has 1 unspecified atom stereocenters. The molecule has 2 saturated heterocycles. The van der Waals surface area contributed by atoms with Crippen LogP contribution < -0.4 is 5.32 Å². The lowest BCUT2D eigenvalue weighted by Crippen LogP contribution is -2.42. The fraction of sp³-hybridized carbons (Fsp3) is 0.524. The highest BCUT2D eigenvalue weighted by molar-refractivity contribution is 5.89. The Kier molecular flexibility index (Phi) is 5.92. The number of carbonyl (C=O) groups excluding carboxylic acids is 2. The molecule has 2 amide bonds. The highest BCUT2D eigenvalue weighted by Gasteiger charge is 2.33. The van der Waals surface area contributed by atoms with E-state index in [2.05, 4.69) is 27.3 Å². The van der Waals surface area contributed by atoms with Gasteiger partial charge in [0.15, 0.2) is 0 Å². The van der Waals surface area contributed by atoms with E-state index in [1.165, 1.54) is 10.9 Å². The second kappa shape index (κ2) is 8.75. The van der Waals surface area contributed by atoms with Gasteiger partial charge in [-0.15, -0.1) is 0 Å². The summed E-state index contributed by atoms with van der Waals surface area (Å²) in [6, 6.07) is 8.18. The Morgan fingerprint density at radius 2 is 2.04 bits per heavy atom. The molecule has 0 aliphatic carbocycles. The summed E-state index contributed by atoms with van der Waals surface area (Å²) in [6.45, 7) is 5.98. The first-order valence-electron chi connectivity index (χ1n) is 10.1. The molecule has 150 valence electrons. The summed E-state index contributed by atoms with van der Waals surface area (Å²) in [5.41, 5.74) is 2.32. The van der Waals surface area contributed by atoms with Crippen LogP contribution in [0.15, 0.2) is 30.5 Å². The van der Waals surface area contributed by atoms with Crippen LogP contribution in [0.4, 0.5) is 0 Å². The Hall–Kier alpha value is -2.38. The van der Waals surface area contributed by atoms with Crippen LogP contribution in [-0.4, -0.2) is 79.1 Å². The standard InChI is InChI=1S/C21H28N4O3/c26-20-13-17(21(27)22-6-8-24-9-11-28-12-10-24)15-25(20)7-5-16-14-23-19-4-2-1-3-18(16)19/h1-4,14,17,23H,5-13,15H2,(H,22,27). The van der Waals surface area contributed by atoms with Gasteiger partial charge in [-0.05, 0) is 18.1 Å². The summed E-state index contributed by atoms with van der Waals surface area (Å²) < 4.78 is 5.33. The minimum Gasteiger partial charge on any atom is -0.379 e. The zero-order valence-corrected chi connectivity index (χ0v) is 16.2. The molecule has 28 heavy (non-hydrogen) atoms. The lowest BCUT2D eigenvalue weighted by Gasteiger charge is -2.26. The van der Waals surface area contributed by atoms with E-state index in [4.69, 9.17) is 4.74 Å². The molecule has 2 fully saturated rings. The number of nitrogens with one attached hydrogen (secondary N) is 2. The molecule has 7 heteroatoms. The van der Waals surface area contributed by atoms with Crippen LogP contribution in [0.3, 0.4) is 0 Å². The molecule has 3 heterocycles. The van der Waals surface area contributed by atoms with E-state index < -0.39 is 0 Å². The van der Waals surface area contributed by atoms with Gasteiger partial charge in [-0.2, -0.15) is 0 Å². The predicted octanol–water partition coefficient (Wildman–Crippen LogP) is 1.01.